The summed E-state index contributed by atoms with van der Waals surface area (Å²) >= 11 is 0. The standard InChI is InChI=1S/C17H18N2O3/c1-10-4-11(2)6-13(5-10)8-14-9-16(20)19(17(14)21)15-7-12(3)22-18-15/h4-7,14H,8-9H2,1-3H3/t14-/m1/s1. The number of hydrogen-bond donors (Lipinski definition) is 0. The second kappa shape index (κ2) is 5.40. The zero-order valence-corrected chi connectivity index (χ0v) is 12.9. The van der Waals surface area contributed by atoms with Crippen molar-refractivity contribution < 1.29 is 14.1 Å². The molecule has 0 N–H and O–H groups in total. The summed E-state index contributed by atoms with van der Waals surface area (Å²) in [5, 5.41) is 3.78. The Labute approximate surface area is 128 Å². The number of hydrogen-bond acceptors (Lipinski definition) is 4. The van der Waals surface area contributed by atoms with Crippen LogP contribution in [0.4, 0.5) is 5.82 Å². The van der Waals surface area contributed by atoms with Crippen LogP contribution in [0.25, 0.3) is 0 Å². The predicted molar refractivity (Wildman–Crippen MR) is 81.5 cm³/mol. The number of aryl methyl sites for hydroxylation is 3. The summed E-state index contributed by atoms with van der Waals surface area (Å²) in [6.45, 7) is 5.79. The Hall–Kier alpha value is -2.43. The predicted octanol–water partition coefficient (Wildman–Crippen LogP) is 2.72. The molecule has 0 aliphatic carbocycles. The maximum atomic E-state index is 12.5. The molecule has 1 saturated heterocycles. The van der Waals surface area contributed by atoms with E-state index in [0.29, 0.717) is 12.2 Å². The number of aromatic nitrogens is 1. The van der Waals surface area contributed by atoms with Crippen LogP contribution in [0.15, 0.2) is 28.8 Å². The molecule has 2 heterocycles. The molecule has 1 aromatic heterocycles. The third kappa shape index (κ3) is 2.66. The van der Waals surface area contributed by atoms with Crippen molar-refractivity contribution in [3.05, 3.63) is 46.7 Å². The van der Waals surface area contributed by atoms with Gasteiger partial charge < -0.3 is 4.52 Å². The van der Waals surface area contributed by atoms with Gasteiger partial charge in [0, 0.05) is 12.5 Å². The van der Waals surface area contributed by atoms with Gasteiger partial charge in [0.2, 0.25) is 11.8 Å². The minimum Gasteiger partial charge on any atom is -0.360 e. The van der Waals surface area contributed by atoms with Gasteiger partial charge in [0.25, 0.3) is 0 Å². The van der Waals surface area contributed by atoms with Crippen molar-refractivity contribution in [2.24, 2.45) is 5.92 Å². The smallest absolute Gasteiger partial charge is 0.239 e. The van der Waals surface area contributed by atoms with E-state index in [1.54, 1.807) is 13.0 Å². The second-order valence-electron chi connectivity index (χ2n) is 5.96. The van der Waals surface area contributed by atoms with Gasteiger partial charge in [-0.25, -0.2) is 4.90 Å². The molecule has 0 saturated carbocycles. The van der Waals surface area contributed by atoms with E-state index >= 15 is 0 Å². The SMILES string of the molecule is Cc1cc(C)cc(C[C@@H]2CC(=O)N(c3cc(C)on3)C2=O)c1. The van der Waals surface area contributed by atoms with Crippen LogP contribution in [0.3, 0.4) is 0 Å². The summed E-state index contributed by atoms with van der Waals surface area (Å²) in [5.74, 6) is 0.125. The quantitative estimate of drug-likeness (QED) is 0.817. The number of benzene rings is 1. The van der Waals surface area contributed by atoms with Gasteiger partial charge in [0.05, 0.1) is 5.92 Å². The molecule has 1 aliphatic heterocycles. The molecule has 5 heteroatoms. The lowest BCUT2D eigenvalue weighted by molar-refractivity contribution is -0.122. The van der Waals surface area contributed by atoms with Gasteiger partial charge >= 0.3 is 0 Å². The molecule has 0 radical (unpaired) electrons. The van der Waals surface area contributed by atoms with E-state index in [0.717, 1.165) is 21.6 Å². The highest BCUT2D eigenvalue weighted by atomic mass is 16.5. The number of nitrogens with zero attached hydrogens (tertiary/aromatic N) is 2. The van der Waals surface area contributed by atoms with E-state index < -0.39 is 0 Å². The summed E-state index contributed by atoms with van der Waals surface area (Å²) in [4.78, 5) is 25.8. The van der Waals surface area contributed by atoms with Crippen molar-refractivity contribution in [2.45, 2.75) is 33.6 Å². The van der Waals surface area contributed by atoms with Gasteiger partial charge in [-0.1, -0.05) is 34.5 Å². The fourth-order valence-corrected chi connectivity index (χ4v) is 3.03. The third-order valence-corrected chi connectivity index (χ3v) is 3.85. The molecule has 2 amide bonds. The number of carbonyl (C=O) groups excluding carboxylic acids is 2. The highest BCUT2D eigenvalue weighted by Crippen LogP contribution is 2.28. The van der Waals surface area contributed by atoms with Crippen LogP contribution in [0, 0.1) is 26.7 Å². The molecule has 2 aromatic rings. The minimum atomic E-state index is -0.328. The largest absolute Gasteiger partial charge is 0.360 e. The van der Waals surface area contributed by atoms with Crippen LogP contribution in [0.5, 0.6) is 0 Å². The van der Waals surface area contributed by atoms with E-state index in [9.17, 15) is 9.59 Å². The molecular weight excluding hydrogens is 280 g/mol. The van der Waals surface area contributed by atoms with Crippen LogP contribution in [0.1, 0.15) is 28.9 Å². The minimum absolute atomic E-state index is 0.197. The zero-order chi connectivity index (χ0) is 15.9. The number of amides is 2. The van der Waals surface area contributed by atoms with E-state index in [4.69, 9.17) is 4.52 Å². The highest BCUT2D eigenvalue weighted by molar-refractivity contribution is 6.20. The molecule has 1 aliphatic rings. The topological polar surface area (TPSA) is 63.4 Å². The Balaban J connectivity index is 1.82. The molecule has 0 unspecified atom stereocenters. The van der Waals surface area contributed by atoms with E-state index in [2.05, 4.69) is 23.4 Å². The molecular formula is C17H18N2O3. The average molecular weight is 298 g/mol. The third-order valence-electron chi connectivity index (χ3n) is 3.85. The first-order chi connectivity index (χ1) is 10.4. The van der Waals surface area contributed by atoms with E-state index in [1.165, 1.54) is 0 Å². The Morgan fingerprint density at radius 1 is 1.14 bits per heavy atom. The van der Waals surface area contributed by atoms with Gasteiger partial charge in [-0.3, -0.25) is 9.59 Å². The van der Waals surface area contributed by atoms with E-state index in [1.807, 2.05) is 13.8 Å². The first-order valence-electron chi connectivity index (χ1n) is 7.31. The molecule has 114 valence electrons. The fourth-order valence-electron chi connectivity index (χ4n) is 3.03. The molecule has 0 bridgehead atoms. The first kappa shape index (κ1) is 14.5. The molecule has 1 fully saturated rings. The van der Waals surface area contributed by atoms with Crippen LogP contribution < -0.4 is 4.90 Å². The summed E-state index contributed by atoms with van der Waals surface area (Å²) in [6, 6.07) is 7.83. The monoisotopic (exact) mass is 298 g/mol. The van der Waals surface area contributed by atoms with Crippen molar-refractivity contribution in [3.8, 4) is 0 Å². The van der Waals surface area contributed by atoms with Crippen molar-refractivity contribution in [1.82, 2.24) is 5.16 Å². The summed E-state index contributed by atoms with van der Waals surface area (Å²) in [5.41, 5.74) is 3.41. The lowest BCUT2D eigenvalue weighted by Gasteiger charge is -2.12. The van der Waals surface area contributed by atoms with Crippen molar-refractivity contribution >= 4 is 17.6 Å². The molecule has 1 aromatic carbocycles. The number of imide groups is 1. The first-order valence-corrected chi connectivity index (χ1v) is 7.31. The molecule has 3 rings (SSSR count). The number of anilines is 1. The molecule has 22 heavy (non-hydrogen) atoms. The maximum Gasteiger partial charge on any atom is 0.239 e. The van der Waals surface area contributed by atoms with Crippen LogP contribution in [-0.4, -0.2) is 17.0 Å². The van der Waals surface area contributed by atoms with Crippen molar-refractivity contribution in [2.75, 3.05) is 4.90 Å². The lowest BCUT2D eigenvalue weighted by atomic mass is 9.95. The molecule has 5 nitrogen and oxygen atoms in total. The van der Waals surface area contributed by atoms with Crippen LogP contribution in [0.2, 0.25) is 0 Å². The van der Waals surface area contributed by atoms with Gasteiger partial charge in [0.15, 0.2) is 5.82 Å². The van der Waals surface area contributed by atoms with E-state index in [-0.39, 0.29) is 30.0 Å². The summed E-state index contributed by atoms with van der Waals surface area (Å²) in [7, 11) is 0. The number of carbonyl (C=O) groups is 2. The Morgan fingerprint density at radius 2 is 1.82 bits per heavy atom. The van der Waals surface area contributed by atoms with Gasteiger partial charge in [0.1, 0.15) is 5.76 Å². The number of rotatable bonds is 3. The van der Waals surface area contributed by atoms with Gasteiger partial charge in [-0.15, -0.1) is 0 Å². The molecule has 1 atom stereocenters. The lowest BCUT2D eigenvalue weighted by Crippen LogP contribution is -2.31. The normalized spacial score (nSPS) is 18.3. The highest BCUT2D eigenvalue weighted by Gasteiger charge is 2.40. The van der Waals surface area contributed by atoms with Crippen molar-refractivity contribution in [3.63, 3.8) is 0 Å². The van der Waals surface area contributed by atoms with Gasteiger partial charge in [-0.2, -0.15) is 0 Å². The van der Waals surface area contributed by atoms with Crippen LogP contribution in [-0.2, 0) is 16.0 Å². The maximum absolute atomic E-state index is 12.5. The summed E-state index contributed by atoms with van der Waals surface area (Å²) < 4.78 is 4.96. The second-order valence-corrected chi connectivity index (χ2v) is 5.96. The average Bonchev–Trinajstić information content (AvgIpc) is 2.93. The van der Waals surface area contributed by atoms with Gasteiger partial charge in [-0.05, 0) is 32.8 Å². The Bertz CT molecular complexity index is 728. The fraction of sp³-hybridized carbons (Fsp3) is 0.353. The summed E-state index contributed by atoms with van der Waals surface area (Å²) in [6.07, 6.45) is 0.790. The zero-order valence-electron chi connectivity index (χ0n) is 12.9. The molecule has 0 spiro atoms. The Morgan fingerprint density at radius 3 is 2.41 bits per heavy atom. The van der Waals surface area contributed by atoms with Crippen LogP contribution >= 0.6 is 0 Å². The van der Waals surface area contributed by atoms with Crippen molar-refractivity contribution in [1.29, 1.82) is 0 Å². The Kier molecular flexibility index (Phi) is 3.56.